The number of carbonyl (C=O) groups excluding carboxylic acids is 4. The van der Waals surface area contributed by atoms with Gasteiger partial charge in [-0.2, -0.15) is 0 Å². The quantitative estimate of drug-likeness (QED) is 0.402. The van der Waals surface area contributed by atoms with Crippen LogP contribution in [0.4, 0.5) is 0 Å². The van der Waals surface area contributed by atoms with Gasteiger partial charge in [0.15, 0.2) is 5.78 Å². The molecule has 0 aliphatic carbocycles. The van der Waals surface area contributed by atoms with Gasteiger partial charge in [0.1, 0.15) is 19.2 Å². The van der Waals surface area contributed by atoms with E-state index in [0.717, 1.165) is 12.6 Å². The van der Waals surface area contributed by atoms with E-state index in [4.69, 9.17) is 15.6 Å². The molecule has 3 N–H and O–H groups in total. The van der Waals surface area contributed by atoms with Crippen LogP contribution >= 0.6 is 0 Å². The lowest BCUT2D eigenvalue weighted by Crippen LogP contribution is -2.32. The molecule has 0 rings (SSSR count). The first-order valence-corrected chi connectivity index (χ1v) is 8.62. The molecule has 1 amide bonds. The summed E-state index contributed by atoms with van der Waals surface area (Å²) in [7, 11) is 0. The third kappa shape index (κ3) is 10.8. The Bertz CT molecular complexity index is 435. The van der Waals surface area contributed by atoms with E-state index in [0.29, 0.717) is 25.7 Å². The van der Waals surface area contributed by atoms with Crippen molar-refractivity contribution in [1.29, 1.82) is 0 Å². The Morgan fingerprint density at radius 2 is 1.60 bits per heavy atom. The molecule has 0 radical (unpaired) electrons. The predicted molar refractivity (Wildman–Crippen MR) is 92.8 cm³/mol. The van der Waals surface area contributed by atoms with Crippen molar-refractivity contribution in [3.8, 4) is 0 Å². The molecule has 25 heavy (non-hydrogen) atoms. The third-order valence-corrected chi connectivity index (χ3v) is 4.40. The largest absolute Gasteiger partial charge is 0.396 e. The Balaban J connectivity index is 5.01. The summed E-state index contributed by atoms with van der Waals surface area (Å²) in [6, 6.07) is 0. The topological polar surface area (TPSA) is 124 Å². The zero-order valence-electron chi connectivity index (χ0n) is 15.3. The molecule has 0 saturated carbocycles. The van der Waals surface area contributed by atoms with Crippen LogP contribution in [0, 0.1) is 5.41 Å². The van der Waals surface area contributed by atoms with E-state index in [9.17, 15) is 19.2 Å². The zero-order chi connectivity index (χ0) is 19.3. The van der Waals surface area contributed by atoms with E-state index in [1.807, 2.05) is 0 Å². The number of aliphatic hydroxyl groups is 1. The highest BCUT2D eigenvalue weighted by atomic mass is 16.5. The maximum Gasteiger partial charge on any atom is 0.217 e. The van der Waals surface area contributed by atoms with Gasteiger partial charge < -0.3 is 25.2 Å². The van der Waals surface area contributed by atoms with Crippen LogP contribution in [0.25, 0.3) is 0 Å². The Morgan fingerprint density at radius 3 is 2.04 bits per heavy atom. The number of carbonyl (C=O) groups is 4. The van der Waals surface area contributed by atoms with Crippen LogP contribution in [0.2, 0.25) is 0 Å². The maximum atomic E-state index is 12.4. The monoisotopic (exact) mass is 357 g/mol. The van der Waals surface area contributed by atoms with Gasteiger partial charge in [-0.1, -0.05) is 0 Å². The molecule has 144 valence electrons. The molecule has 0 heterocycles. The van der Waals surface area contributed by atoms with Gasteiger partial charge in [-0.05, 0) is 44.9 Å². The molecule has 7 heteroatoms. The van der Waals surface area contributed by atoms with Gasteiger partial charge >= 0.3 is 0 Å². The molecular weight excluding hydrogens is 326 g/mol. The summed E-state index contributed by atoms with van der Waals surface area (Å²) < 4.78 is 5.57. The molecule has 0 bridgehead atoms. The fourth-order valence-corrected chi connectivity index (χ4v) is 2.85. The number of primary amides is 1. The van der Waals surface area contributed by atoms with E-state index in [2.05, 4.69) is 0 Å². The summed E-state index contributed by atoms with van der Waals surface area (Å²) in [5.41, 5.74) is 3.99. The van der Waals surface area contributed by atoms with Crippen molar-refractivity contribution in [3.05, 3.63) is 0 Å². The van der Waals surface area contributed by atoms with Gasteiger partial charge in [-0.15, -0.1) is 0 Å². The molecule has 0 atom stereocenters. The number of nitrogens with two attached hydrogens (primary N) is 1. The van der Waals surface area contributed by atoms with Gasteiger partial charge in [0.05, 0.1) is 5.60 Å². The Kier molecular flexibility index (Phi) is 11.1. The SMILES string of the molecule is CC(C)(CCO)OCC(=O)CC(CCC=O)(CCC=O)CCC(N)=O. The summed E-state index contributed by atoms with van der Waals surface area (Å²) in [5.74, 6) is -0.637. The van der Waals surface area contributed by atoms with Gasteiger partial charge in [0, 0.05) is 32.3 Å². The fraction of sp³-hybridized carbons (Fsp3) is 0.778. The Morgan fingerprint density at radius 1 is 1.04 bits per heavy atom. The standard InChI is InChI=1S/C18H31NO6/c1-17(2,9-12-22)25-14-15(23)13-18(6-3-10-20,7-4-11-21)8-5-16(19)24/h10-11,22H,3-9,12-14H2,1-2H3,(H2,19,24). The highest BCUT2D eigenvalue weighted by Gasteiger charge is 2.33. The number of hydrogen-bond acceptors (Lipinski definition) is 6. The van der Waals surface area contributed by atoms with Crippen LogP contribution in [0.1, 0.15) is 65.2 Å². The highest BCUT2D eigenvalue weighted by Crippen LogP contribution is 2.38. The minimum atomic E-state index is -0.619. The van der Waals surface area contributed by atoms with Gasteiger partial charge in [-0.3, -0.25) is 9.59 Å². The van der Waals surface area contributed by atoms with Crippen molar-refractivity contribution in [2.45, 2.75) is 70.8 Å². The molecule has 0 aromatic rings. The van der Waals surface area contributed by atoms with E-state index in [1.165, 1.54) is 0 Å². The average molecular weight is 357 g/mol. The van der Waals surface area contributed by atoms with Crippen molar-refractivity contribution in [2.75, 3.05) is 13.2 Å². The minimum Gasteiger partial charge on any atom is -0.396 e. The van der Waals surface area contributed by atoms with Crippen LogP contribution in [-0.2, 0) is 23.9 Å². The second-order valence-corrected chi connectivity index (χ2v) is 7.11. The van der Waals surface area contributed by atoms with Crippen molar-refractivity contribution in [3.63, 3.8) is 0 Å². The van der Waals surface area contributed by atoms with Gasteiger partial charge in [0.25, 0.3) is 0 Å². The van der Waals surface area contributed by atoms with Crippen LogP contribution in [0.3, 0.4) is 0 Å². The third-order valence-electron chi connectivity index (χ3n) is 4.40. The molecule has 0 saturated heterocycles. The normalized spacial score (nSPS) is 12.0. The lowest BCUT2D eigenvalue weighted by atomic mass is 9.72. The fourth-order valence-electron chi connectivity index (χ4n) is 2.85. The molecule has 0 unspecified atom stereocenters. The summed E-state index contributed by atoms with van der Waals surface area (Å²) in [4.78, 5) is 45.1. The second-order valence-electron chi connectivity index (χ2n) is 7.11. The Labute approximate surface area is 149 Å². The van der Waals surface area contributed by atoms with Crippen molar-refractivity contribution in [1.82, 2.24) is 0 Å². The van der Waals surface area contributed by atoms with E-state index in [-0.39, 0.29) is 44.7 Å². The average Bonchev–Trinajstić information content (AvgIpc) is 2.54. The van der Waals surface area contributed by atoms with Crippen LogP contribution in [0.5, 0.6) is 0 Å². The highest BCUT2D eigenvalue weighted by molar-refractivity contribution is 5.80. The number of aldehydes is 2. The number of Topliss-reactive ketones (excluding diaryl/α,β-unsaturated/α-hetero) is 1. The lowest BCUT2D eigenvalue weighted by Gasteiger charge is -2.33. The van der Waals surface area contributed by atoms with E-state index in [1.54, 1.807) is 13.8 Å². The van der Waals surface area contributed by atoms with Gasteiger partial charge in [-0.25, -0.2) is 0 Å². The summed E-state index contributed by atoms with van der Waals surface area (Å²) in [5, 5.41) is 8.99. The number of aliphatic hydroxyl groups excluding tert-OH is 1. The number of hydrogen-bond donors (Lipinski definition) is 2. The molecule has 0 aliphatic rings. The minimum absolute atomic E-state index is 0.0393. The molecule has 0 aromatic heterocycles. The zero-order valence-corrected chi connectivity index (χ0v) is 15.3. The van der Waals surface area contributed by atoms with Crippen molar-refractivity contribution < 1.29 is 29.0 Å². The lowest BCUT2D eigenvalue weighted by molar-refractivity contribution is -0.133. The number of ketones is 1. The summed E-state index contributed by atoms with van der Waals surface area (Å²) in [6.07, 6.45) is 3.87. The first kappa shape index (κ1) is 23.4. The smallest absolute Gasteiger partial charge is 0.217 e. The molecular formula is C18H31NO6. The summed E-state index contributed by atoms with van der Waals surface area (Å²) >= 11 is 0. The number of rotatable bonds is 16. The maximum absolute atomic E-state index is 12.4. The van der Waals surface area contributed by atoms with Crippen LogP contribution < -0.4 is 5.73 Å². The summed E-state index contributed by atoms with van der Waals surface area (Å²) in [6.45, 7) is 3.42. The molecule has 7 nitrogen and oxygen atoms in total. The molecule has 0 aromatic carbocycles. The van der Waals surface area contributed by atoms with Gasteiger partial charge in [0.2, 0.25) is 5.91 Å². The van der Waals surface area contributed by atoms with Crippen LogP contribution in [0.15, 0.2) is 0 Å². The second kappa shape index (κ2) is 11.9. The molecule has 0 fully saturated rings. The van der Waals surface area contributed by atoms with E-state index >= 15 is 0 Å². The number of ether oxygens (including phenoxy) is 1. The van der Waals surface area contributed by atoms with Crippen LogP contribution in [-0.4, -0.2) is 48.2 Å². The molecule has 0 spiro atoms. The Hall–Kier alpha value is -1.60. The van der Waals surface area contributed by atoms with E-state index < -0.39 is 16.9 Å². The van der Waals surface area contributed by atoms with Crippen molar-refractivity contribution >= 4 is 24.3 Å². The first-order valence-electron chi connectivity index (χ1n) is 8.62. The molecule has 0 aliphatic heterocycles. The van der Waals surface area contributed by atoms with Crippen molar-refractivity contribution in [2.24, 2.45) is 11.1 Å². The first-order chi connectivity index (χ1) is 11.7. The number of amides is 1. The predicted octanol–water partition coefficient (Wildman–Crippen LogP) is 1.33.